The molecule has 7 nitrogen and oxygen atoms in total. The van der Waals surface area contributed by atoms with Crippen LogP contribution >= 0.6 is 0 Å². The van der Waals surface area contributed by atoms with E-state index in [4.69, 9.17) is 15.2 Å². The Kier molecular flexibility index (Phi) is 5.68. The molecule has 0 bridgehead atoms. The van der Waals surface area contributed by atoms with E-state index in [1.165, 1.54) is 6.42 Å². The van der Waals surface area contributed by atoms with Gasteiger partial charge in [0.05, 0.1) is 13.7 Å². The second-order valence-electron chi connectivity index (χ2n) is 6.72. The lowest BCUT2D eigenvalue weighted by Crippen LogP contribution is -2.51. The molecular weight excluding hydrogens is 330 g/mol. The number of hydrogen-bond donors (Lipinski definition) is 3. The first-order valence-electron chi connectivity index (χ1n) is 9.12. The van der Waals surface area contributed by atoms with E-state index < -0.39 is 5.79 Å². The fourth-order valence-electron chi connectivity index (χ4n) is 3.37. The summed E-state index contributed by atoms with van der Waals surface area (Å²) in [6, 6.07) is 5.69. The predicted molar refractivity (Wildman–Crippen MR) is 103 cm³/mol. The molecule has 0 radical (unpaired) electrons. The summed E-state index contributed by atoms with van der Waals surface area (Å²) in [4.78, 5) is 6.85. The SMILES string of the molecule is CCN1CCC(COc2cc(C3(N)N=CC=C(NC)N3)ccc2OC)C1. The van der Waals surface area contributed by atoms with Crippen molar-refractivity contribution in [1.82, 2.24) is 15.5 Å². The van der Waals surface area contributed by atoms with Gasteiger partial charge in [0, 0.05) is 31.3 Å². The molecule has 0 saturated carbocycles. The van der Waals surface area contributed by atoms with Gasteiger partial charge in [-0.15, -0.1) is 0 Å². The minimum Gasteiger partial charge on any atom is -0.493 e. The summed E-state index contributed by atoms with van der Waals surface area (Å²) >= 11 is 0. The molecule has 7 heteroatoms. The molecule has 1 saturated heterocycles. The van der Waals surface area contributed by atoms with Gasteiger partial charge in [0.1, 0.15) is 5.82 Å². The van der Waals surface area contributed by atoms with Crippen molar-refractivity contribution in [2.75, 3.05) is 40.4 Å². The van der Waals surface area contributed by atoms with Crippen LogP contribution in [0.2, 0.25) is 0 Å². The predicted octanol–water partition coefficient (Wildman–Crippen LogP) is 1.22. The van der Waals surface area contributed by atoms with Crippen molar-refractivity contribution in [2.45, 2.75) is 19.1 Å². The fourth-order valence-corrected chi connectivity index (χ4v) is 3.37. The van der Waals surface area contributed by atoms with Gasteiger partial charge in [0.2, 0.25) is 5.79 Å². The van der Waals surface area contributed by atoms with Crippen LogP contribution in [0, 0.1) is 5.92 Å². The molecule has 26 heavy (non-hydrogen) atoms. The maximum atomic E-state index is 6.47. The number of nitrogens with zero attached hydrogens (tertiary/aromatic N) is 2. The van der Waals surface area contributed by atoms with Crippen LogP contribution in [-0.4, -0.2) is 51.5 Å². The molecular formula is C19H29N5O2. The molecule has 1 aromatic rings. The van der Waals surface area contributed by atoms with Gasteiger partial charge in [0.25, 0.3) is 0 Å². The lowest BCUT2D eigenvalue weighted by atomic mass is 10.1. The molecule has 4 N–H and O–H groups in total. The molecule has 1 aromatic carbocycles. The number of nitrogens with two attached hydrogens (primary N) is 1. The standard InChI is InChI=1S/C19H29N5O2/c1-4-24-10-8-14(12-24)13-26-17-11-15(5-6-16(17)25-3)19(20)22-9-7-18(21-2)23-19/h5-7,9,11,14,21,23H,4,8,10,12-13,20H2,1-3H3. The molecule has 142 valence electrons. The van der Waals surface area contributed by atoms with Gasteiger partial charge < -0.3 is 25.0 Å². The van der Waals surface area contributed by atoms with E-state index in [9.17, 15) is 0 Å². The highest BCUT2D eigenvalue weighted by atomic mass is 16.5. The molecule has 2 aliphatic heterocycles. The number of rotatable bonds is 7. The highest BCUT2D eigenvalue weighted by molar-refractivity contribution is 5.73. The number of methoxy groups -OCH3 is 1. The number of aliphatic imine (C=N–C) groups is 1. The van der Waals surface area contributed by atoms with E-state index in [1.54, 1.807) is 13.3 Å². The number of benzene rings is 1. The number of allylic oxidation sites excluding steroid dienone is 1. The smallest absolute Gasteiger partial charge is 0.210 e. The molecule has 2 atom stereocenters. The largest absolute Gasteiger partial charge is 0.493 e. The Labute approximate surface area is 155 Å². The van der Waals surface area contributed by atoms with Crippen LogP contribution < -0.4 is 25.8 Å². The van der Waals surface area contributed by atoms with Gasteiger partial charge in [0.15, 0.2) is 11.5 Å². The zero-order valence-corrected chi connectivity index (χ0v) is 15.8. The first-order valence-corrected chi connectivity index (χ1v) is 9.12. The molecule has 0 aromatic heterocycles. The Balaban J connectivity index is 1.74. The molecule has 2 aliphatic rings. The van der Waals surface area contributed by atoms with Crippen molar-refractivity contribution in [2.24, 2.45) is 16.6 Å². The van der Waals surface area contributed by atoms with E-state index in [-0.39, 0.29) is 0 Å². The monoisotopic (exact) mass is 359 g/mol. The van der Waals surface area contributed by atoms with E-state index in [0.717, 1.165) is 31.0 Å². The van der Waals surface area contributed by atoms with E-state index >= 15 is 0 Å². The maximum absolute atomic E-state index is 6.47. The second-order valence-corrected chi connectivity index (χ2v) is 6.72. The van der Waals surface area contributed by atoms with Crippen LogP contribution in [0.3, 0.4) is 0 Å². The van der Waals surface area contributed by atoms with E-state index in [2.05, 4.69) is 27.4 Å². The Morgan fingerprint density at radius 2 is 2.27 bits per heavy atom. The first kappa shape index (κ1) is 18.5. The van der Waals surface area contributed by atoms with Crippen LogP contribution in [0.4, 0.5) is 0 Å². The van der Waals surface area contributed by atoms with Crippen LogP contribution in [0.5, 0.6) is 11.5 Å². The first-order chi connectivity index (χ1) is 12.6. The van der Waals surface area contributed by atoms with Gasteiger partial charge in [-0.05, 0) is 43.8 Å². The molecule has 0 aliphatic carbocycles. The van der Waals surface area contributed by atoms with Gasteiger partial charge in [-0.25, -0.2) is 4.99 Å². The highest BCUT2D eigenvalue weighted by Gasteiger charge is 2.30. The van der Waals surface area contributed by atoms with Crippen LogP contribution in [-0.2, 0) is 5.79 Å². The number of nitrogens with one attached hydrogen (secondary N) is 2. The zero-order valence-electron chi connectivity index (χ0n) is 15.8. The quantitative estimate of drug-likeness (QED) is 0.679. The Morgan fingerprint density at radius 1 is 1.42 bits per heavy atom. The van der Waals surface area contributed by atoms with E-state index in [0.29, 0.717) is 24.0 Å². The molecule has 0 spiro atoms. The van der Waals surface area contributed by atoms with Crippen molar-refractivity contribution in [3.8, 4) is 11.5 Å². The minimum absolute atomic E-state index is 0.541. The van der Waals surface area contributed by atoms with Crippen LogP contribution in [0.25, 0.3) is 0 Å². The molecule has 2 unspecified atom stereocenters. The summed E-state index contributed by atoms with van der Waals surface area (Å²) in [5.74, 6) is 1.71. The van der Waals surface area contributed by atoms with Crippen LogP contribution in [0.15, 0.2) is 35.1 Å². The summed E-state index contributed by atoms with van der Waals surface area (Å²) in [7, 11) is 3.48. The van der Waals surface area contributed by atoms with Crippen molar-refractivity contribution in [1.29, 1.82) is 0 Å². The summed E-state index contributed by atoms with van der Waals surface area (Å²) in [6.45, 7) is 6.19. The van der Waals surface area contributed by atoms with Gasteiger partial charge in [-0.2, -0.15) is 0 Å². The lowest BCUT2D eigenvalue weighted by Gasteiger charge is -2.31. The van der Waals surface area contributed by atoms with Crippen molar-refractivity contribution >= 4 is 6.21 Å². The molecule has 0 amide bonds. The number of likely N-dealkylation sites (tertiary alicyclic amines) is 1. The molecule has 2 heterocycles. The summed E-state index contributed by atoms with van der Waals surface area (Å²) in [5.41, 5.74) is 7.28. The average molecular weight is 359 g/mol. The van der Waals surface area contributed by atoms with Gasteiger partial charge in [-0.3, -0.25) is 5.73 Å². The molecule has 3 rings (SSSR count). The zero-order chi connectivity index (χ0) is 18.6. The van der Waals surface area contributed by atoms with Gasteiger partial charge >= 0.3 is 0 Å². The Morgan fingerprint density at radius 3 is 2.96 bits per heavy atom. The summed E-state index contributed by atoms with van der Waals surface area (Å²) in [6.07, 6.45) is 4.70. The lowest BCUT2D eigenvalue weighted by molar-refractivity contribution is 0.233. The van der Waals surface area contributed by atoms with Crippen molar-refractivity contribution < 1.29 is 9.47 Å². The van der Waals surface area contributed by atoms with Crippen molar-refractivity contribution in [3.63, 3.8) is 0 Å². The van der Waals surface area contributed by atoms with Crippen molar-refractivity contribution in [3.05, 3.63) is 35.7 Å². The minimum atomic E-state index is -1.04. The number of hydrogen-bond acceptors (Lipinski definition) is 7. The maximum Gasteiger partial charge on any atom is 0.210 e. The summed E-state index contributed by atoms with van der Waals surface area (Å²) in [5, 5.41) is 6.25. The third-order valence-corrected chi connectivity index (χ3v) is 5.01. The normalized spacial score (nSPS) is 25.5. The molecule has 1 fully saturated rings. The number of ether oxygens (including phenoxy) is 2. The Bertz CT molecular complexity index is 691. The average Bonchev–Trinajstić information content (AvgIpc) is 3.14. The van der Waals surface area contributed by atoms with Crippen LogP contribution in [0.1, 0.15) is 18.9 Å². The third kappa shape index (κ3) is 3.94. The topological polar surface area (TPSA) is 84.1 Å². The second kappa shape index (κ2) is 7.97. The van der Waals surface area contributed by atoms with E-state index in [1.807, 2.05) is 31.3 Å². The Hall–Kier alpha value is -2.25. The summed E-state index contributed by atoms with van der Waals surface area (Å²) < 4.78 is 11.6. The van der Waals surface area contributed by atoms with Gasteiger partial charge in [-0.1, -0.05) is 6.92 Å². The highest BCUT2D eigenvalue weighted by Crippen LogP contribution is 2.33. The third-order valence-electron chi connectivity index (χ3n) is 5.01. The fraction of sp³-hybridized carbons (Fsp3) is 0.526.